The Morgan fingerprint density at radius 3 is 2.16 bits per heavy atom. The van der Waals surface area contributed by atoms with Crippen LogP contribution in [-0.4, -0.2) is 5.97 Å². The van der Waals surface area contributed by atoms with Gasteiger partial charge in [-0.2, -0.15) is 0 Å². The van der Waals surface area contributed by atoms with Crippen LogP contribution in [-0.2, 0) is 11.2 Å². The van der Waals surface area contributed by atoms with Crippen LogP contribution in [0.15, 0.2) is 60.2 Å². The van der Waals surface area contributed by atoms with E-state index in [4.69, 9.17) is 0 Å². The third-order valence-electron chi connectivity index (χ3n) is 2.94. The highest BCUT2D eigenvalue weighted by Crippen LogP contribution is 2.12. The standard InChI is InChI=1S/C17H16O2/c1-13(17(18)19)11-15-7-9-16(10-8-15)12-14-5-3-2-4-6-14/h2-11H,12H2,1H3,(H,18,19)/p-1/b13-11+. The van der Waals surface area contributed by atoms with E-state index in [0.29, 0.717) is 0 Å². The molecule has 96 valence electrons. The van der Waals surface area contributed by atoms with Crippen LogP contribution >= 0.6 is 0 Å². The quantitative estimate of drug-likeness (QED) is 0.783. The molecule has 0 aliphatic heterocycles. The van der Waals surface area contributed by atoms with Gasteiger partial charge < -0.3 is 9.90 Å². The molecule has 0 fully saturated rings. The zero-order valence-corrected chi connectivity index (χ0v) is 10.8. The lowest BCUT2D eigenvalue weighted by atomic mass is 10.0. The molecule has 2 aromatic carbocycles. The predicted octanol–water partition coefficient (Wildman–Crippen LogP) is 2.43. The first-order valence-corrected chi connectivity index (χ1v) is 6.17. The summed E-state index contributed by atoms with van der Waals surface area (Å²) in [5, 5.41) is 10.6. The van der Waals surface area contributed by atoms with Gasteiger partial charge in [-0.1, -0.05) is 60.7 Å². The zero-order chi connectivity index (χ0) is 13.7. The summed E-state index contributed by atoms with van der Waals surface area (Å²) >= 11 is 0. The van der Waals surface area contributed by atoms with Crippen molar-refractivity contribution >= 4 is 12.0 Å². The van der Waals surface area contributed by atoms with E-state index < -0.39 is 5.97 Å². The highest BCUT2D eigenvalue weighted by Gasteiger charge is 1.96. The van der Waals surface area contributed by atoms with Crippen molar-refractivity contribution in [1.82, 2.24) is 0 Å². The normalized spacial score (nSPS) is 11.3. The van der Waals surface area contributed by atoms with Crippen LogP contribution in [0, 0.1) is 0 Å². The first kappa shape index (κ1) is 13.1. The van der Waals surface area contributed by atoms with Gasteiger partial charge >= 0.3 is 0 Å². The van der Waals surface area contributed by atoms with Crippen molar-refractivity contribution in [3.8, 4) is 0 Å². The Hall–Kier alpha value is -2.35. The average Bonchev–Trinajstić information content (AvgIpc) is 2.42. The molecule has 2 aromatic rings. The fourth-order valence-corrected chi connectivity index (χ4v) is 1.87. The van der Waals surface area contributed by atoms with Gasteiger partial charge in [0.1, 0.15) is 0 Å². The fraction of sp³-hybridized carbons (Fsp3) is 0.118. The van der Waals surface area contributed by atoms with Gasteiger partial charge in [0.05, 0.1) is 5.97 Å². The second-order valence-electron chi connectivity index (χ2n) is 4.52. The van der Waals surface area contributed by atoms with Crippen LogP contribution in [0.3, 0.4) is 0 Å². The molecule has 0 aliphatic rings. The van der Waals surface area contributed by atoms with Crippen molar-refractivity contribution in [2.75, 3.05) is 0 Å². The predicted molar refractivity (Wildman–Crippen MR) is 74.3 cm³/mol. The molecule has 0 saturated carbocycles. The minimum atomic E-state index is -1.13. The molecular formula is C17H15O2-. The SMILES string of the molecule is C/C(=C\c1ccc(Cc2ccccc2)cc1)C(=O)[O-]. The summed E-state index contributed by atoms with van der Waals surface area (Å²) in [6.07, 6.45) is 2.49. The minimum Gasteiger partial charge on any atom is -0.545 e. The van der Waals surface area contributed by atoms with E-state index in [-0.39, 0.29) is 5.57 Å². The summed E-state index contributed by atoms with van der Waals surface area (Å²) in [6, 6.07) is 18.1. The Morgan fingerprint density at radius 1 is 1.00 bits per heavy atom. The fourth-order valence-electron chi connectivity index (χ4n) is 1.87. The van der Waals surface area contributed by atoms with Crippen molar-refractivity contribution in [3.05, 3.63) is 76.9 Å². The van der Waals surface area contributed by atoms with Crippen LogP contribution < -0.4 is 5.11 Å². The lowest BCUT2D eigenvalue weighted by Crippen LogP contribution is -2.22. The van der Waals surface area contributed by atoms with E-state index in [2.05, 4.69) is 12.1 Å². The van der Waals surface area contributed by atoms with Crippen LogP contribution in [0.5, 0.6) is 0 Å². The molecular weight excluding hydrogens is 236 g/mol. The molecule has 2 rings (SSSR count). The molecule has 2 nitrogen and oxygen atoms in total. The Kier molecular flexibility index (Phi) is 4.14. The summed E-state index contributed by atoms with van der Waals surface area (Å²) in [6.45, 7) is 1.53. The number of hydrogen-bond acceptors (Lipinski definition) is 2. The highest BCUT2D eigenvalue weighted by atomic mass is 16.4. The van der Waals surface area contributed by atoms with E-state index in [1.54, 1.807) is 6.08 Å². The Labute approximate surface area is 113 Å². The van der Waals surface area contributed by atoms with Crippen molar-refractivity contribution in [3.63, 3.8) is 0 Å². The van der Waals surface area contributed by atoms with Gasteiger partial charge in [0.2, 0.25) is 0 Å². The van der Waals surface area contributed by atoms with Crippen molar-refractivity contribution in [2.45, 2.75) is 13.3 Å². The zero-order valence-electron chi connectivity index (χ0n) is 10.8. The van der Waals surface area contributed by atoms with Crippen LogP contribution in [0.1, 0.15) is 23.6 Å². The second kappa shape index (κ2) is 6.01. The number of carboxylic acids is 1. The molecule has 0 radical (unpaired) electrons. The molecule has 0 atom stereocenters. The van der Waals surface area contributed by atoms with Gasteiger partial charge in [-0.3, -0.25) is 0 Å². The van der Waals surface area contributed by atoms with E-state index in [9.17, 15) is 9.90 Å². The summed E-state index contributed by atoms with van der Waals surface area (Å²) in [7, 11) is 0. The van der Waals surface area contributed by atoms with Gasteiger partial charge in [0.25, 0.3) is 0 Å². The number of carbonyl (C=O) groups is 1. The van der Waals surface area contributed by atoms with Crippen molar-refractivity contribution in [2.24, 2.45) is 0 Å². The first-order valence-electron chi connectivity index (χ1n) is 6.17. The number of carboxylic acid groups (broad SMARTS) is 1. The van der Waals surface area contributed by atoms with Gasteiger partial charge in [-0.05, 0) is 35.6 Å². The number of aliphatic carboxylic acids is 1. The monoisotopic (exact) mass is 251 g/mol. The maximum absolute atomic E-state index is 10.6. The smallest absolute Gasteiger partial charge is 0.0672 e. The van der Waals surface area contributed by atoms with Crippen LogP contribution in [0.4, 0.5) is 0 Å². The van der Waals surface area contributed by atoms with Crippen molar-refractivity contribution in [1.29, 1.82) is 0 Å². The maximum atomic E-state index is 10.6. The molecule has 2 heteroatoms. The summed E-state index contributed by atoms with van der Waals surface area (Å²) in [5.74, 6) is -1.13. The molecule has 0 N–H and O–H groups in total. The molecule has 0 amide bonds. The lowest BCUT2D eigenvalue weighted by Gasteiger charge is -2.04. The Morgan fingerprint density at radius 2 is 1.58 bits per heavy atom. The number of rotatable bonds is 4. The summed E-state index contributed by atoms with van der Waals surface area (Å²) in [4.78, 5) is 10.6. The molecule has 0 heterocycles. The molecule has 0 aromatic heterocycles. The van der Waals surface area contributed by atoms with E-state index in [0.717, 1.165) is 12.0 Å². The number of hydrogen-bond donors (Lipinski definition) is 0. The third kappa shape index (κ3) is 3.81. The summed E-state index contributed by atoms with van der Waals surface area (Å²) in [5.41, 5.74) is 3.57. The lowest BCUT2D eigenvalue weighted by molar-refractivity contribution is -0.299. The molecule has 0 aliphatic carbocycles. The van der Waals surface area contributed by atoms with E-state index in [1.165, 1.54) is 18.1 Å². The summed E-state index contributed by atoms with van der Waals surface area (Å²) < 4.78 is 0. The Balaban J connectivity index is 2.11. The highest BCUT2D eigenvalue weighted by molar-refractivity contribution is 5.89. The topological polar surface area (TPSA) is 40.1 Å². The van der Waals surface area contributed by atoms with Gasteiger partial charge in [0.15, 0.2) is 0 Å². The Bertz CT molecular complexity index is 580. The van der Waals surface area contributed by atoms with Crippen LogP contribution in [0.2, 0.25) is 0 Å². The largest absolute Gasteiger partial charge is 0.545 e. The molecule has 19 heavy (non-hydrogen) atoms. The van der Waals surface area contributed by atoms with E-state index >= 15 is 0 Å². The second-order valence-corrected chi connectivity index (χ2v) is 4.52. The molecule has 0 bridgehead atoms. The number of carbonyl (C=O) groups excluding carboxylic acids is 1. The molecule has 0 unspecified atom stereocenters. The molecule has 0 saturated heterocycles. The van der Waals surface area contributed by atoms with Gasteiger partial charge in [-0.15, -0.1) is 0 Å². The average molecular weight is 251 g/mol. The van der Waals surface area contributed by atoms with Crippen LogP contribution in [0.25, 0.3) is 6.08 Å². The number of benzene rings is 2. The van der Waals surface area contributed by atoms with Crippen molar-refractivity contribution < 1.29 is 9.90 Å². The van der Waals surface area contributed by atoms with E-state index in [1.807, 2.05) is 42.5 Å². The first-order chi connectivity index (χ1) is 9.15. The third-order valence-corrected chi connectivity index (χ3v) is 2.94. The van der Waals surface area contributed by atoms with Gasteiger partial charge in [0, 0.05) is 0 Å². The van der Waals surface area contributed by atoms with Gasteiger partial charge in [-0.25, -0.2) is 0 Å². The molecule has 0 spiro atoms. The minimum absolute atomic E-state index is 0.232. The maximum Gasteiger partial charge on any atom is 0.0672 e.